The maximum absolute atomic E-state index is 10.2. The van der Waals surface area contributed by atoms with E-state index in [1.807, 2.05) is 48.5 Å². The average molecular weight is 321 g/mol. The molecule has 0 aliphatic heterocycles. The fraction of sp³-hybridized carbons (Fsp3) is 0.238. The Bertz CT molecular complexity index is 768. The molecule has 124 valence electrons. The van der Waals surface area contributed by atoms with E-state index in [4.69, 9.17) is 4.74 Å². The van der Waals surface area contributed by atoms with Crippen molar-refractivity contribution in [2.75, 3.05) is 13.2 Å². The van der Waals surface area contributed by atoms with Crippen LogP contribution in [-0.4, -0.2) is 24.4 Å². The second kappa shape index (κ2) is 7.95. The Morgan fingerprint density at radius 3 is 2.46 bits per heavy atom. The molecule has 2 atom stereocenters. The van der Waals surface area contributed by atoms with Crippen molar-refractivity contribution < 1.29 is 9.84 Å². The van der Waals surface area contributed by atoms with Gasteiger partial charge in [0.1, 0.15) is 18.5 Å². The summed E-state index contributed by atoms with van der Waals surface area (Å²) in [6, 6.07) is 24.5. The number of ether oxygens (including phenoxy) is 1. The first-order chi connectivity index (χ1) is 11.7. The van der Waals surface area contributed by atoms with Crippen LogP contribution in [0.2, 0.25) is 0 Å². The number of benzene rings is 3. The monoisotopic (exact) mass is 321 g/mol. The molecule has 0 aliphatic carbocycles. The lowest BCUT2D eigenvalue weighted by Gasteiger charge is -2.18. The number of hydrogen-bond acceptors (Lipinski definition) is 3. The summed E-state index contributed by atoms with van der Waals surface area (Å²) in [4.78, 5) is 0. The third-order valence-corrected chi connectivity index (χ3v) is 4.14. The van der Waals surface area contributed by atoms with Crippen molar-refractivity contribution >= 4 is 10.8 Å². The van der Waals surface area contributed by atoms with Crippen LogP contribution >= 0.6 is 0 Å². The Morgan fingerprint density at radius 2 is 1.62 bits per heavy atom. The van der Waals surface area contributed by atoms with Crippen molar-refractivity contribution in [2.24, 2.45) is 0 Å². The first-order valence-electron chi connectivity index (χ1n) is 8.31. The van der Waals surface area contributed by atoms with Crippen molar-refractivity contribution in [1.29, 1.82) is 0 Å². The molecule has 0 heterocycles. The fourth-order valence-corrected chi connectivity index (χ4v) is 2.74. The highest BCUT2D eigenvalue weighted by Gasteiger charge is 2.10. The third kappa shape index (κ3) is 4.13. The molecule has 3 aromatic carbocycles. The molecule has 0 aromatic heterocycles. The van der Waals surface area contributed by atoms with Gasteiger partial charge >= 0.3 is 0 Å². The van der Waals surface area contributed by atoms with Crippen molar-refractivity contribution in [3.63, 3.8) is 0 Å². The maximum atomic E-state index is 10.2. The van der Waals surface area contributed by atoms with E-state index >= 15 is 0 Å². The molecule has 3 heteroatoms. The molecule has 0 fully saturated rings. The standard InChI is InChI=1S/C21H23NO2/c1-16(17-8-3-2-4-9-17)22-14-19(23)15-24-21-13-7-11-18-10-5-6-12-20(18)21/h2-13,16,19,22-23H,14-15H2,1H3/t16-,19+/m0/s1. The Labute approximate surface area is 142 Å². The second-order valence-corrected chi connectivity index (χ2v) is 5.98. The summed E-state index contributed by atoms with van der Waals surface area (Å²) in [5.41, 5.74) is 1.21. The van der Waals surface area contributed by atoms with Gasteiger partial charge in [-0.25, -0.2) is 0 Å². The average Bonchev–Trinajstić information content (AvgIpc) is 2.65. The first-order valence-corrected chi connectivity index (χ1v) is 8.31. The normalized spacial score (nSPS) is 13.6. The van der Waals surface area contributed by atoms with Crippen molar-refractivity contribution in [1.82, 2.24) is 5.32 Å². The van der Waals surface area contributed by atoms with Gasteiger partial charge in [0.2, 0.25) is 0 Å². The van der Waals surface area contributed by atoms with Gasteiger partial charge in [0.05, 0.1) is 0 Å². The zero-order valence-corrected chi connectivity index (χ0v) is 13.9. The molecule has 3 aromatic rings. The van der Waals surface area contributed by atoms with Crippen molar-refractivity contribution in [3.8, 4) is 5.75 Å². The van der Waals surface area contributed by atoms with Gasteiger partial charge in [-0.05, 0) is 23.9 Å². The van der Waals surface area contributed by atoms with E-state index in [0.29, 0.717) is 6.54 Å². The Morgan fingerprint density at radius 1 is 0.917 bits per heavy atom. The number of aliphatic hydroxyl groups excluding tert-OH is 1. The van der Waals surface area contributed by atoms with Crippen LogP contribution < -0.4 is 10.1 Å². The molecule has 0 saturated carbocycles. The summed E-state index contributed by atoms with van der Waals surface area (Å²) >= 11 is 0. The quantitative estimate of drug-likeness (QED) is 0.693. The van der Waals surface area contributed by atoms with Crippen LogP contribution in [-0.2, 0) is 0 Å². The predicted molar refractivity (Wildman–Crippen MR) is 98.3 cm³/mol. The molecule has 0 amide bonds. The lowest BCUT2D eigenvalue weighted by atomic mass is 10.1. The van der Waals surface area contributed by atoms with Crippen LogP contribution in [0.3, 0.4) is 0 Å². The smallest absolute Gasteiger partial charge is 0.127 e. The van der Waals surface area contributed by atoms with E-state index in [9.17, 15) is 5.11 Å². The van der Waals surface area contributed by atoms with Gasteiger partial charge in [-0.2, -0.15) is 0 Å². The SMILES string of the molecule is C[C@H](NC[C@@H](O)COc1cccc2ccccc12)c1ccccc1. The summed E-state index contributed by atoms with van der Waals surface area (Å²) in [6.45, 7) is 2.84. The summed E-state index contributed by atoms with van der Waals surface area (Å²) < 4.78 is 5.83. The minimum absolute atomic E-state index is 0.193. The lowest BCUT2D eigenvalue weighted by molar-refractivity contribution is 0.105. The number of rotatable bonds is 7. The first kappa shape index (κ1) is 16.5. The van der Waals surface area contributed by atoms with Crippen LogP contribution in [0.1, 0.15) is 18.5 Å². The van der Waals surface area contributed by atoms with Gasteiger partial charge in [0, 0.05) is 18.0 Å². The Hall–Kier alpha value is -2.36. The minimum Gasteiger partial charge on any atom is -0.490 e. The molecule has 0 bridgehead atoms. The van der Waals surface area contributed by atoms with Crippen molar-refractivity contribution in [2.45, 2.75) is 19.1 Å². The zero-order valence-electron chi connectivity index (χ0n) is 13.9. The Kier molecular flexibility index (Phi) is 5.47. The van der Waals surface area contributed by atoms with Crippen LogP contribution in [0, 0.1) is 0 Å². The molecule has 2 N–H and O–H groups in total. The van der Waals surface area contributed by atoms with Crippen molar-refractivity contribution in [3.05, 3.63) is 78.4 Å². The van der Waals surface area contributed by atoms with Crippen LogP contribution in [0.25, 0.3) is 10.8 Å². The van der Waals surface area contributed by atoms with Crippen LogP contribution in [0.4, 0.5) is 0 Å². The van der Waals surface area contributed by atoms with E-state index in [-0.39, 0.29) is 12.6 Å². The lowest BCUT2D eigenvalue weighted by Crippen LogP contribution is -2.33. The molecule has 0 aliphatic rings. The Balaban J connectivity index is 1.53. The molecule has 3 nitrogen and oxygen atoms in total. The van der Waals surface area contributed by atoms with Gasteiger partial charge in [-0.15, -0.1) is 0 Å². The molecule has 24 heavy (non-hydrogen) atoms. The third-order valence-electron chi connectivity index (χ3n) is 4.14. The summed E-state index contributed by atoms with van der Waals surface area (Å²) in [7, 11) is 0. The van der Waals surface area contributed by atoms with Gasteiger partial charge < -0.3 is 15.2 Å². The zero-order chi connectivity index (χ0) is 16.8. The number of hydrogen-bond donors (Lipinski definition) is 2. The van der Waals surface area contributed by atoms with E-state index < -0.39 is 6.10 Å². The van der Waals surface area contributed by atoms with E-state index in [1.165, 1.54) is 5.56 Å². The van der Waals surface area contributed by atoms with Gasteiger partial charge in [-0.3, -0.25) is 0 Å². The molecule has 3 rings (SSSR count). The number of nitrogens with one attached hydrogen (secondary N) is 1. The molecule has 0 spiro atoms. The second-order valence-electron chi connectivity index (χ2n) is 5.98. The highest BCUT2D eigenvalue weighted by atomic mass is 16.5. The molecular formula is C21H23NO2. The highest BCUT2D eigenvalue weighted by molar-refractivity contribution is 5.88. The molecular weight excluding hydrogens is 298 g/mol. The van der Waals surface area contributed by atoms with Gasteiger partial charge in [0.15, 0.2) is 0 Å². The topological polar surface area (TPSA) is 41.5 Å². The predicted octanol–water partition coefficient (Wildman–Crippen LogP) is 3.93. The largest absolute Gasteiger partial charge is 0.490 e. The highest BCUT2D eigenvalue weighted by Crippen LogP contribution is 2.25. The van der Waals surface area contributed by atoms with E-state index in [2.05, 4.69) is 36.5 Å². The molecule has 0 unspecified atom stereocenters. The summed E-state index contributed by atoms with van der Waals surface area (Å²) in [5.74, 6) is 0.809. The van der Waals surface area contributed by atoms with Crippen LogP contribution in [0.5, 0.6) is 5.75 Å². The number of aliphatic hydroxyl groups is 1. The van der Waals surface area contributed by atoms with Crippen LogP contribution in [0.15, 0.2) is 72.8 Å². The molecule has 0 saturated heterocycles. The fourth-order valence-electron chi connectivity index (χ4n) is 2.74. The summed E-state index contributed by atoms with van der Waals surface area (Å²) in [5, 5.41) is 15.7. The van der Waals surface area contributed by atoms with E-state index in [0.717, 1.165) is 16.5 Å². The minimum atomic E-state index is -0.560. The summed E-state index contributed by atoms with van der Waals surface area (Å²) in [6.07, 6.45) is -0.560. The molecule has 0 radical (unpaired) electrons. The van der Waals surface area contributed by atoms with E-state index in [1.54, 1.807) is 0 Å². The van der Waals surface area contributed by atoms with Gasteiger partial charge in [0.25, 0.3) is 0 Å². The maximum Gasteiger partial charge on any atom is 0.127 e. The van der Waals surface area contributed by atoms with Gasteiger partial charge in [-0.1, -0.05) is 66.7 Å². The number of fused-ring (bicyclic) bond motifs is 1.